The van der Waals surface area contributed by atoms with Crippen molar-refractivity contribution in [2.75, 3.05) is 13.7 Å². The summed E-state index contributed by atoms with van der Waals surface area (Å²) in [6.07, 6.45) is 1.62. The number of rotatable bonds is 10. The minimum atomic E-state index is -1.05. The van der Waals surface area contributed by atoms with Crippen molar-refractivity contribution < 1.29 is 32.5 Å². The van der Waals surface area contributed by atoms with Gasteiger partial charge >= 0.3 is 5.97 Å². The Bertz CT molecular complexity index is 1870. The summed E-state index contributed by atoms with van der Waals surface area (Å²) in [5.41, 5.74) is 2.73. The molecule has 3 aromatic carbocycles. The number of carboxylic acid groups (broad SMARTS) is 1. The number of hydrogen-bond donors (Lipinski definition) is 1. The van der Waals surface area contributed by atoms with E-state index in [1.165, 1.54) is 12.1 Å². The number of imidazole rings is 1. The van der Waals surface area contributed by atoms with Crippen molar-refractivity contribution in [1.82, 2.24) is 14.5 Å². The highest BCUT2D eigenvalue weighted by Crippen LogP contribution is 2.41. The number of methoxy groups -OCH3 is 1. The summed E-state index contributed by atoms with van der Waals surface area (Å²) in [4.78, 5) is 20.7. The van der Waals surface area contributed by atoms with Gasteiger partial charge in [0, 0.05) is 43.4 Å². The summed E-state index contributed by atoms with van der Waals surface area (Å²) < 4.78 is 58.2. The zero-order valence-electron chi connectivity index (χ0n) is 24.2. The van der Waals surface area contributed by atoms with Crippen LogP contribution in [0.15, 0.2) is 66.7 Å². The molecule has 0 amide bonds. The third-order valence-corrected chi connectivity index (χ3v) is 8.06. The van der Waals surface area contributed by atoms with Crippen LogP contribution in [0.2, 0.25) is 0 Å². The molecule has 0 aliphatic heterocycles. The van der Waals surface area contributed by atoms with Crippen LogP contribution in [0.25, 0.3) is 22.3 Å². The lowest BCUT2D eigenvalue weighted by molar-refractivity contribution is 0.0696. The Labute approximate surface area is 251 Å². The van der Waals surface area contributed by atoms with Gasteiger partial charge in [0.25, 0.3) is 0 Å². The molecular formula is C34H30F3N3O4. The highest BCUT2D eigenvalue weighted by molar-refractivity contribution is 5.92. The number of carbonyl (C=O) groups is 1. The van der Waals surface area contributed by atoms with Crippen LogP contribution < -0.4 is 4.74 Å². The second-order valence-corrected chi connectivity index (χ2v) is 11.2. The topological polar surface area (TPSA) is 86.5 Å². The molecule has 7 nitrogen and oxygen atoms in total. The van der Waals surface area contributed by atoms with Crippen molar-refractivity contribution in [2.24, 2.45) is 5.92 Å². The predicted molar refractivity (Wildman–Crippen MR) is 158 cm³/mol. The van der Waals surface area contributed by atoms with Gasteiger partial charge in [-0.1, -0.05) is 18.2 Å². The van der Waals surface area contributed by atoms with E-state index < -0.39 is 23.4 Å². The molecule has 0 atom stereocenters. The maximum Gasteiger partial charge on any atom is 0.335 e. The molecule has 5 aromatic rings. The molecule has 44 heavy (non-hydrogen) atoms. The minimum absolute atomic E-state index is 0.00422. The summed E-state index contributed by atoms with van der Waals surface area (Å²) in [5, 5.41) is 9.54. The lowest BCUT2D eigenvalue weighted by atomic mass is 9.80. The van der Waals surface area contributed by atoms with E-state index in [4.69, 9.17) is 14.5 Å². The van der Waals surface area contributed by atoms with Gasteiger partial charge in [-0.15, -0.1) is 0 Å². The van der Waals surface area contributed by atoms with Crippen molar-refractivity contribution >= 4 is 17.0 Å². The van der Waals surface area contributed by atoms with E-state index in [2.05, 4.69) is 4.98 Å². The lowest BCUT2D eigenvalue weighted by Gasteiger charge is -2.37. The van der Waals surface area contributed by atoms with Crippen molar-refractivity contribution in [1.29, 1.82) is 0 Å². The number of ether oxygens (including phenoxy) is 2. The zero-order valence-corrected chi connectivity index (χ0v) is 24.2. The fourth-order valence-electron chi connectivity index (χ4n) is 5.75. The molecule has 0 spiro atoms. The van der Waals surface area contributed by atoms with E-state index in [0.717, 1.165) is 30.5 Å². The van der Waals surface area contributed by atoms with Gasteiger partial charge in [0.05, 0.1) is 22.3 Å². The van der Waals surface area contributed by atoms with Crippen molar-refractivity contribution in [3.05, 3.63) is 112 Å². The predicted octanol–water partition coefficient (Wildman–Crippen LogP) is 7.29. The van der Waals surface area contributed by atoms with E-state index >= 15 is 8.78 Å². The van der Waals surface area contributed by atoms with Crippen LogP contribution in [-0.4, -0.2) is 39.3 Å². The molecule has 10 heteroatoms. The second kappa shape index (κ2) is 12.1. The van der Waals surface area contributed by atoms with Crippen molar-refractivity contribution in [3.63, 3.8) is 0 Å². The maximum atomic E-state index is 15.6. The van der Waals surface area contributed by atoms with E-state index in [-0.39, 0.29) is 47.3 Å². The molecule has 2 heterocycles. The summed E-state index contributed by atoms with van der Waals surface area (Å²) in [7, 11) is 1.65. The highest BCUT2D eigenvalue weighted by atomic mass is 19.1. The number of aromatic nitrogens is 3. The number of aryl methyl sites for hydroxylation is 1. The summed E-state index contributed by atoms with van der Waals surface area (Å²) in [6, 6.07) is 16.5. The Morgan fingerprint density at radius 3 is 2.50 bits per heavy atom. The number of benzene rings is 3. The molecule has 0 unspecified atom stereocenters. The summed E-state index contributed by atoms with van der Waals surface area (Å²) in [5.74, 6) is -1.73. The Kier molecular flexibility index (Phi) is 8.09. The van der Waals surface area contributed by atoms with Gasteiger partial charge in [0.1, 0.15) is 29.9 Å². The molecule has 1 N–H and O–H groups in total. The number of halogens is 3. The number of pyridine rings is 1. The van der Waals surface area contributed by atoms with Crippen LogP contribution in [0.4, 0.5) is 13.2 Å². The molecule has 1 saturated carbocycles. The average molecular weight is 602 g/mol. The second-order valence-electron chi connectivity index (χ2n) is 11.2. The Morgan fingerprint density at radius 2 is 1.75 bits per heavy atom. The van der Waals surface area contributed by atoms with Gasteiger partial charge in [0.2, 0.25) is 5.88 Å². The maximum absolute atomic E-state index is 15.6. The third-order valence-electron chi connectivity index (χ3n) is 8.06. The van der Waals surface area contributed by atoms with Crippen LogP contribution >= 0.6 is 0 Å². The first kappa shape index (κ1) is 29.4. The van der Waals surface area contributed by atoms with Crippen LogP contribution in [0.3, 0.4) is 0 Å². The van der Waals surface area contributed by atoms with Crippen LogP contribution in [0, 0.1) is 30.3 Å². The Morgan fingerprint density at radius 1 is 0.955 bits per heavy atom. The molecular weight excluding hydrogens is 571 g/mol. The minimum Gasteiger partial charge on any atom is -0.478 e. The van der Waals surface area contributed by atoms with Crippen LogP contribution in [0.1, 0.15) is 51.8 Å². The monoisotopic (exact) mass is 601 g/mol. The van der Waals surface area contributed by atoms with E-state index in [1.807, 2.05) is 4.57 Å². The number of aromatic carboxylic acids is 1. The fourth-order valence-corrected chi connectivity index (χ4v) is 5.75. The van der Waals surface area contributed by atoms with Gasteiger partial charge in [-0.2, -0.15) is 0 Å². The summed E-state index contributed by atoms with van der Waals surface area (Å²) in [6.45, 7) is 2.33. The van der Waals surface area contributed by atoms with Crippen LogP contribution in [0.5, 0.6) is 5.88 Å². The third kappa shape index (κ3) is 5.90. The SMILES string of the molecule is COCC1CC(n2c(Cc3cc(F)c(-c4cccc(OCc5ccc(C)cc5F)n4)cc3F)nc3ccc(C(=O)O)cc32)C1. The van der Waals surface area contributed by atoms with Crippen molar-refractivity contribution in [2.45, 2.75) is 38.8 Å². The standard InChI is InChI=1S/C34H30F3N3O4/c1-19-6-7-22(26(35)10-19)18-44-33-5-3-4-29(39-33)25-16-27(36)23(13-28(25)37)15-32-38-30-9-8-21(34(41)42)14-31(30)40(32)24-11-20(12-24)17-43-2/h3-10,13-14,16,20,24H,11-12,15,17-18H2,1-2H3,(H,41,42). The molecule has 6 rings (SSSR count). The van der Waals surface area contributed by atoms with Gasteiger partial charge < -0.3 is 19.1 Å². The molecule has 1 aliphatic rings. The van der Waals surface area contributed by atoms with Gasteiger partial charge in [-0.3, -0.25) is 0 Å². The molecule has 1 fully saturated rings. The number of carboxylic acids is 1. The Balaban J connectivity index is 1.27. The number of nitrogens with zero attached hydrogens (tertiary/aromatic N) is 3. The molecule has 0 saturated heterocycles. The molecule has 226 valence electrons. The first-order valence-corrected chi connectivity index (χ1v) is 14.3. The van der Waals surface area contributed by atoms with Crippen LogP contribution in [-0.2, 0) is 17.8 Å². The molecule has 0 bridgehead atoms. The normalized spacial score (nSPS) is 16.2. The first-order valence-electron chi connectivity index (χ1n) is 14.3. The van der Waals surface area contributed by atoms with Gasteiger partial charge in [0.15, 0.2) is 0 Å². The van der Waals surface area contributed by atoms with E-state index in [9.17, 15) is 14.3 Å². The van der Waals surface area contributed by atoms with Crippen molar-refractivity contribution in [3.8, 4) is 17.1 Å². The quantitative estimate of drug-likeness (QED) is 0.181. The smallest absolute Gasteiger partial charge is 0.335 e. The fraction of sp³-hybridized carbons (Fsp3) is 0.265. The number of hydrogen-bond acceptors (Lipinski definition) is 5. The van der Waals surface area contributed by atoms with E-state index in [1.54, 1.807) is 56.5 Å². The van der Waals surface area contributed by atoms with Gasteiger partial charge in [-0.25, -0.2) is 27.9 Å². The largest absolute Gasteiger partial charge is 0.478 e. The van der Waals surface area contributed by atoms with Gasteiger partial charge in [-0.05, 0) is 79.3 Å². The lowest BCUT2D eigenvalue weighted by Crippen LogP contribution is -2.30. The highest BCUT2D eigenvalue weighted by Gasteiger charge is 2.33. The molecule has 0 radical (unpaired) electrons. The first-order chi connectivity index (χ1) is 21.2. The average Bonchev–Trinajstić information content (AvgIpc) is 3.32. The zero-order chi connectivity index (χ0) is 31.0. The van der Waals surface area contributed by atoms with E-state index in [0.29, 0.717) is 34.9 Å². The molecule has 2 aromatic heterocycles. The summed E-state index contributed by atoms with van der Waals surface area (Å²) >= 11 is 0. The molecule has 1 aliphatic carbocycles. The number of fused-ring (bicyclic) bond motifs is 1. The Hall–Kier alpha value is -4.70.